The molecule has 0 saturated carbocycles. The van der Waals surface area contributed by atoms with Crippen LogP contribution in [0.4, 0.5) is 0 Å². The predicted octanol–water partition coefficient (Wildman–Crippen LogP) is 1.90. The number of ether oxygens (including phenoxy) is 6. The summed E-state index contributed by atoms with van der Waals surface area (Å²) >= 11 is 0. The zero-order chi connectivity index (χ0) is 39.7. The number of carbonyl (C=O) groups excluding carboxylic acids is 1. The molecule has 0 radical (unpaired) electrons. The SMILES string of the molecule is CC[C@H]1OC(=O)[C@H](C)[C@@H](OC2CC(C)(OC)C(O)C(C)O2)[C@H](C)[C@@H](OC2OC(C)CC(N(C)C)C2O)[C@](C)(O)CC(C)CN(C)[C@H](C)[C@@H](O)[C@]1(C)O. The van der Waals surface area contributed by atoms with Crippen molar-refractivity contribution in [3.8, 4) is 0 Å². The summed E-state index contributed by atoms with van der Waals surface area (Å²) in [6, 6.07) is -0.808. The molecule has 3 aliphatic heterocycles. The summed E-state index contributed by atoms with van der Waals surface area (Å²) in [4.78, 5) is 18.0. The lowest BCUT2D eigenvalue weighted by Crippen LogP contribution is -2.60. The Balaban J connectivity index is 2.17. The minimum atomic E-state index is -1.80. The Hall–Kier alpha value is -1.01. The van der Waals surface area contributed by atoms with Crippen LogP contribution in [0.2, 0.25) is 0 Å². The number of hydrogen-bond acceptors (Lipinski definition) is 14. The van der Waals surface area contributed by atoms with Gasteiger partial charge in [-0.05, 0) is 94.8 Å². The molecule has 3 heterocycles. The van der Waals surface area contributed by atoms with E-state index in [4.69, 9.17) is 28.4 Å². The number of aliphatic hydroxyl groups is 5. The van der Waals surface area contributed by atoms with Gasteiger partial charge < -0.3 is 63.8 Å². The molecule has 306 valence electrons. The quantitative estimate of drug-likeness (QED) is 0.238. The molecule has 3 saturated heterocycles. The van der Waals surface area contributed by atoms with Crippen LogP contribution in [0.1, 0.15) is 94.9 Å². The minimum absolute atomic E-state index is 0.133. The Morgan fingerprint density at radius 2 is 1.56 bits per heavy atom. The largest absolute Gasteiger partial charge is 0.459 e. The maximum atomic E-state index is 14.2. The van der Waals surface area contributed by atoms with Crippen LogP contribution in [0, 0.1) is 17.8 Å². The van der Waals surface area contributed by atoms with E-state index in [2.05, 4.69) is 0 Å². The third-order valence-electron chi connectivity index (χ3n) is 12.2. The van der Waals surface area contributed by atoms with Crippen molar-refractivity contribution in [2.45, 2.75) is 185 Å². The summed E-state index contributed by atoms with van der Waals surface area (Å²) in [6.45, 7) is 18.0. The van der Waals surface area contributed by atoms with Gasteiger partial charge in [0.1, 0.15) is 30.0 Å². The first kappa shape index (κ1) is 45.4. The van der Waals surface area contributed by atoms with Gasteiger partial charge >= 0.3 is 5.97 Å². The fourth-order valence-corrected chi connectivity index (χ4v) is 8.74. The summed E-state index contributed by atoms with van der Waals surface area (Å²) in [5, 5.41) is 58.1. The first-order valence-electron chi connectivity index (χ1n) is 19.1. The molecule has 0 aromatic heterocycles. The molecule has 0 aromatic carbocycles. The van der Waals surface area contributed by atoms with Gasteiger partial charge in [0.15, 0.2) is 12.6 Å². The third-order valence-corrected chi connectivity index (χ3v) is 12.2. The Bertz CT molecular complexity index is 1140. The lowest BCUT2D eigenvalue weighted by atomic mass is 9.77. The highest BCUT2D eigenvalue weighted by molar-refractivity contribution is 5.73. The highest BCUT2D eigenvalue weighted by Crippen LogP contribution is 2.40. The van der Waals surface area contributed by atoms with Crippen LogP contribution >= 0.6 is 0 Å². The average Bonchev–Trinajstić information content (AvgIpc) is 3.05. The van der Waals surface area contributed by atoms with Gasteiger partial charge in [-0.15, -0.1) is 0 Å². The second-order valence-corrected chi connectivity index (χ2v) is 17.2. The van der Waals surface area contributed by atoms with E-state index in [-0.39, 0.29) is 37.3 Å². The lowest BCUT2D eigenvalue weighted by Gasteiger charge is -2.48. The molecule has 0 aromatic rings. The average molecular weight is 749 g/mol. The maximum Gasteiger partial charge on any atom is 0.311 e. The molecule has 0 bridgehead atoms. The molecule has 52 heavy (non-hydrogen) atoms. The number of rotatable bonds is 7. The number of carbonyl (C=O) groups is 1. The van der Waals surface area contributed by atoms with E-state index in [0.717, 1.165) is 0 Å². The van der Waals surface area contributed by atoms with Crippen molar-refractivity contribution < 1.29 is 58.7 Å². The molecular formula is C38H72N2O12. The number of likely N-dealkylation sites (N-methyl/N-ethyl adjacent to an activating group) is 2. The number of esters is 1. The molecule has 3 aliphatic rings. The summed E-state index contributed by atoms with van der Waals surface area (Å²) in [5.74, 6) is -2.58. The molecule has 3 fully saturated rings. The highest BCUT2D eigenvalue weighted by Gasteiger charge is 2.52. The van der Waals surface area contributed by atoms with Gasteiger partial charge in [-0.2, -0.15) is 0 Å². The van der Waals surface area contributed by atoms with Crippen molar-refractivity contribution in [1.29, 1.82) is 0 Å². The van der Waals surface area contributed by atoms with E-state index in [0.29, 0.717) is 13.0 Å². The van der Waals surface area contributed by atoms with Gasteiger partial charge in [0.25, 0.3) is 0 Å². The fraction of sp³-hybridized carbons (Fsp3) is 0.974. The second-order valence-electron chi connectivity index (χ2n) is 17.2. The molecule has 14 nitrogen and oxygen atoms in total. The molecule has 0 spiro atoms. The van der Waals surface area contributed by atoms with Crippen LogP contribution in [-0.2, 0) is 33.2 Å². The number of cyclic esters (lactones) is 1. The van der Waals surface area contributed by atoms with Gasteiger partial charge in [-0.25, -0.2) is 0 Å². The zero-order valence-electron chi connectivity index (χ0n) is 34.2. The van der Waals surface area contributed by atoms with Gasteiger partial charge in [0.05, 0.1) is 41.5 Å². The van der Waals surface area contributed by atoms with Gasteiger partial charge in [-0.1, -0.05) is 20.8 Å². The molecule has 0 aliphatic carbocycles. The van der Waals surface area contributed by atoms with Gasteiger partial charge in [0, 0.05) is 38.1 Å². The highest BCUT2D eigenvalue weighted by atomic mass is 16.7. The Kier molecular flexibility index (Phi) is 15.6. The maximum absolute atomic E-state index is 14.2. The van der Waals surface area contributed by atoms with E-state index in [1.807, 2.05) is 51.7 Å². The minimum Gasteiger partial charge on any atom is -0.459 e. The third kappa shape index (κ3) is 10.0. The Labute approximate surface area is 312 Å². The van der Waals surface area contributed by atoms with Crippen LogP contribution in [0.25, 0.3) is 0 Å². The molecular weight excluding hydrogens is 676 g/mol. The molecule has 18 atom stereocenters. The van der Waals surface area contributed by atoms with E-state index in [9.17, 15) is 30.3 Å². The molecule has 5 N–H and O–H groups in total. The van der Waals surface area contributed by atoms with Crippen molar-refractivity contribution in [1.82, 2.24) is 9.80 Å². The summed E-state index contributed by atoms with van der Waals surface area (Å²) < 4.78 is 37.5. The van der Waals surface area contributed by atoms with Crippen molar-refractivity contribution >= 4 is 5.97 Å². The van der Waals surface area contributed by atoms with E-state index >= 15 is 0 Å². The molecule has 3 rings (SSSR count). The standard InChI is InChI=1S/C38H72N2O12/c1-15-27-38(10,46)31(42)24(6)40(13)19-20(2)17-36(8,45)33(52-35-29(41)26(39(11)12)16-21(3)48-35)22(4)30(23(5)34(44)50-27)51-28-18-37(9,47-14)32(43)25(7)49-28/h20-33,35,41-43,45-46H,15-19H2,1-14H3/t20?,21?,22-,23+,24+,25?,26?,27+,28?,29?,30-,31+,32?,33+,35?,36+,37?,38+/m0/s1. The first-order valence-corrected chi connectivity index (χ1v) is 19.1. The predicted molar refractivity (Wildman–Crippen MR) is 194 cm³/mol. The van der Waals surface area contributed by atoms with Gasteiger partial charge in [0.2, 0.25) is 0 Å². The monoisotopic (exact) mass is 749 g/mol. The molecule has 0 amide bonds. The molecule has 14 heteroatoms. The number of methoxy groups -OCH3 is 1. The van der Waals surface area contributed by atoms with Crippen LogP contribution in [-0.4, -0.2) is 166 Å². The van der Waals surface area contributed by atoms with Crippen molar-refractivity contribution in [2.24, 2.45) is 17.8 Å². The summed E-state index contributed by atoms with van der Waals surface area (Å²) in [5.41, 5.74) is -4.37. The van der Waals surface area contributed by atoms with E-state index in [1.54, 1.807) is 41.5 Å². The first-order chi connectivity index (χ1) is 23.9. The normalized spacial score (nSPS) is 49.6. The topological polar surface area (TPSA) is 180 Å². The number of nitrogens with zero attached hydrogens (tertiary/aromatic N) is 2. The van der Waals surface area contributed by atoms with Crippen LogP contribution in [0.5, 0.6) is 0 Å². The Morgan fingerprint density at radius 1 is 0.942 bits per heavy atom. The number of aliphatic hydroxyl groups excluding tert-OH is 3. The Morgan fingerprint density at radius 3 is 2.12 bits per heavy atom. The summed E-state index contributed by atoms with van der Waals surface area (Å²) in [7, 11) is 7.12. The van der Waals surface area contributed by atoms with Crippen molar-refractivity contribution in [2.75, 3.05) is 34.8 Å². The smallest absolute Gasteiger partial charge is 0.311 e. The van der Waals surface area contributed by atoms with Crippen LogP contribution in [0.15, 0.2) is 0 Å². The van der Waals surface area contributed by atoms with Crippen LogP contribution in [0.3, 0.4) is 0 Å². The van der Waals surface area contributed by atoms with Crippen molar-refractivity contribution in [3.05, 3.63) is 0 Å². The van der Waals surface area contributed by atoms with E-state index < -0.39 is 96.0 Å². The fourth-order valence-electron chi connectivity index (χ4n) is 8.74. The van der Waals surface area contributed by atoms with Crippen molar-refractivity contribution in [3.63, 3.8) is 0 Å². The number of hydrogen-bond donors (Lipinski definition) is 5. The molecule has 9 unspecified atom stereocenters. The van der Waals surface area contributed by atoms with E-state index in [1.165, 1.54) is 14.0 Å². The zero-order valence-corrected chi connectivity index (χ0v) is 34.2. The lowest BCUT2D eigenvalue weighted by molar-refractivity contribution is -0.318. The summed E-state index contributed by atoms with van der Waals surface area (Å²) in [6.07, 6.45) is -8.19. The second kappa shape index (κ2) is 17.8. The van der Waals surface area contributed by atoms with Crippen LogP contribution < -0.4 is 0 Å². The van der Waals surface area contributed by atoms with Gasteiger partial charge in [-0.3, -0.25) is 4.79 Å².